The third-order valence-corrected chi connectivity index (χ3v) is 4.55. The molecule has 1 unspecified atom stereocenters. The maximum absolute atomic E-state index is 13.1. The molecule has 22 heavy (non-hydrogen) atoms. The number of benzene rings is 1. The van der Waals surface area contributed by atoms with Gasteiger partial charge in [-0.3, -0.25) is 4.79 Å². The normalized spacial score (nSPS) is 22.5. The fourth-order valence-corrected chi connectivity index (χ4v) is 3.10. The van der Waals surface area contributed by atoms with Crippen LogP contribution in [0.3, 0.4) is 0 Å². The van der Waals surface area contributed by atoms with Crippen LogP contribution in [0.1, 0.15) is 37.7 Å². The van der Waals surface area contributed by atoms with Crippen molar-refractivity contribution in [1.82, 2.24) is 4.90 Å². The minimum absolute atomic E-state index is 0.0518. The van der Waals surface area contributed by atoms with Crippen molar-refractivity contribution in [2.45, 2.75) is 44.8 Å². The van der Waals surface area contributed by atoms with E-state index in [0.29, 0.717) is 12.1 Å². The van der Waals surface area contributed by atoms with E-state index in [-0.39, 0.29) is 24.5 Å². The summed E-state index contributed by atoms with van der Waals surface area (Å²) in [6, 6.07) is 3.41. The van der Waals surface area contributed by atoms with Crippen LogP contribution in [0.5, 0.6) is 0 Å². The number of likely N-dealkylation sites (tertiary alicyclic amines) is 1. The molecule has 1 amide bonds. The molecule has 0 bridgehead atoms. The summed E-state index contributed by atoms with van der Waals surface area (Å²) in [6.07, 6.45) is 4.90. The van der Waals surface area contributed by atoms with Crippen molar-refractivity contribution in [2.75, 3.05) is 13.1 Å². The van der Waals surface area contributed by atoms with Gasteiger partial charge >= 0.3 is 0 Å². The van der Waals surface area contributed by atoms with E-state index >= 15 is 0 Å². The summed E-state index contributed by atoms with van der Waals surface area (Å²) in [4.78, 5) is 14.2. The van der Waals surface area contributed by atoms with Crippen LogP contribution in [-0.4, -0.2) is 30.0 Å². The second kappa shape index (κ2) is 6.73. The number of ether oxygens (including phenoxy) is 1. The van der Waals surface area contributed by atoms with Crippen LogP contribution >= 0.6 is 0 Å². The van der Waals surface area contributed by atoms with Crippen molar-refractivity contribution in [1.29, 1.82) is 0 Å². The molecule has 120 valence electrons. The molecule has 3 rings (SSSR count). The van der Waals surface area contributed by atoms with Crippen molar-refractivity contribution in [3.8, 4) is 0 Å². The third kappa shape index (κ3) is 3.64. The summed E-state index contributed by atoms with van der Waals surface area (Å²) in [7, 11) is 0. The van der Waals surface area contributed by atoms with E-state index in [9.17, 15) is 13.6 Å². The van der Waals surface area contributed by atoms with E-state index < -0.39 is 11.6 Å². The van der Waals surface area contributed by atoms with E-state index in [1.807, 2.05) is 4.90 Å². The Morgan fingerprint density at radius 2 is 1.86 bits per heavy atom. The summed E-state index contributed by atoms with van der Waals surface area (Å²) in [5.41, 5.74) is 0.486. The number of carbonyl (C=O) groups excluding carboxylic acids is 1. The standard InChI is InChI=1S/C17H21F2NO2/c18-14-7-12(8-15(19)9-14)11-22-16-5-2-6-20(10-16)17(21)13-3-1-4-13/h7-9,13,16H,1-6,10-11H2. The highest BCUT2D eigenvalue weighted by Crippen LogP contribution is 2.29. The Morgan fingerprint density at radius 1 is 1.14 bits per heavy atom. The summed E-state index contributed by atoms with van der Waals surface area (Å²) in [5, 5.41) is 0. The second-order valence-electron chi connectivity index (χ2n) is 6.27. The summed E-state index contributed by atoms with van der Waals surface area (Å²) in [6.45, 7) is 1.56. The van der Waals surface area contributed by atoms with E-state index in [0.717, 1.165) is 44.7 Å². The van der Waals surface area contributed by atoms with Gasteiger partial charge in [-0.2, -0.15) is 0 Å². The van der Waals surface area contributed by atoms with Gasteiger partial charge in [0.15, 0.2) is 0 Å². The Bertz CT molecular complexity index is 525. The number of carbonyl (C=O) groups is 1. The van der Waals surface area contributed by atoms with Crippen LogP contribution in [0.25, 0.3) is 0 Å². The molecule has 0 radical (unpaired) electrons. The van der Waals surface area contributed by atoms with Crippen LogP contribution in [0.2, 0.25) is 0 Å². The second-order valence-corrected chi connectivity index (χ2v) is 6.27. The zero-order chi connectivity index (χ0) is 15.5. The third-order valence-electron chi connectivity index (χ3n) is 4.55. The van der Waals surface area contributed by atoms with Crippen LogP contribution in [0, 0.1) is 17.6 Å². The lowest BCUT2D eigenvalue weighted by molar-refractivity contribution is -0.142. The van der Waals surface area contributed by atoms with Gasteiger partial charge in [0.2, 0.25) is 5.91 Å². The number of piperidine rings is 1. The largest absolute Gasteiger partial charge is 0.372 e. The molecule has 2 fully saturated rings. The number of amides is 1. The van der Waals surface area contributed by atoms with E-state index in [1.165, 1.54) is 12.1 Å². The van der Waals surface area contributed by atoms with Crippen molar-refractivity contribution < 1.29 is 18.3 Å². The van der Waals surface area contributed by atoms with Gasteiger partial charge in [0, 0.05) is 25.1 Å². The van der Waals surface area contributed by atoms with E-state index in [4.69, 9.17) is 4.74 Å². The first-order valence-electron chi connectivity index (χ1n) is 7.97. The number of rotatable bonds is 4. The van der Waals surface area contributed by atoms with Gasteiger partial charge in [-0.25, -0.2) is 8.78 Å². The predicted molar refractivity (Wildman–Crippen MR) is 78.1 cm³/mol. The molecule has 1 aromatic rings. The van der Waals surface area contributed by atoms with Crippen molar-refractivity contribution in [2.24, 2.45) is 5.92 Å². The highest BCUT2D eigenvalue weighted by molar-refractivity contribution is 5.79. The Balaban J connectivity index is 1.52. The van der Waals surface area contributed by atoms with Crippen molar-refractivity contribution in [3.63, 3.8) is 0 Å². The molecular formula is C17H21F2NO2. The fourth-order valence-electron chi connectivity index (χ4n) is 3.10. The summed E-state index contributed by atoms with van der Waals surface area (Å²) in [5.74, 6) is -0.736. The molecule has 1 aliphatic carbocycles. The average Bonchev–Trinajstić information content (AvgIpc) is 2.42. The Hall–Kier alpha value is -1.49. The van der Waals surface area contributed by atoms with Gasteiger partial charge in [0.1, 0.15) is 11.6 Å². The maximum Gasteiger partial charge on any atom is 0.225 e. The van der Waals surface area contributed by atoms with Gasteiger partial charge in [0.25, 0.3) is 0 Å². The summed E-state index contributed by atoms with van der Waals surface area (Å²) < 4.78 is 32.1. The molecule has 1 aromatic carbocycles. The number of hydrogen-bond donors (Lipinski definition) is 0. The lowest BCUT2D eigenvalue weighted by Crippen LogP contribution is -2.46. The smallest absolute Gasteiger partial charge is 0.225 e. The molecule has 1 atom stereocenters. The Kier molecular flexibility index (Phi) is 4.71. The predicted octanol–water partition coefficient (Wildman–Crippen LogP) is 3.27. The molecule has 3 nitrogen and oxygen atoms in total. The van der Waals surface area contributed by atoms with Gasteiger partial charge in [0.05, 0.1) is 12.7 Å². The van der Waals surface area contributed by atoms with Gasteiger partial charge < -0.3 is 9.64 Å². The number of nitrogens with zero attached hydrogens (tertiary/aromatic N) is 1. The first kappa shape index (κ1) is 15.4. The molecule has 1 aliphatic heterocycles. The zero-order valence-electron chi connectivity index (χ0n) is 12.6. The molecule has 1 heterocycles. The minimum atomic E-state index is -0.593. The van der Waals surface area contributed by atoms with Crippen LogP contribution in [0.4, 0.5) is 8.78 Å². The Labute approximate surface area is 129 Å². The monoisotopic (exact) mass is 309 g/mol. The molecule has 1 saturated heterocycles. The molecule has 0 aromatic heterocycles. The lowest BCUT2D eigenvalue weighted by Gasteiger charge is -2.37. The molecule has 0 spiro atoms. The molecular weight excluding hydrogens is 288 g/mol. The molecule has 1 saturated carbocycles. The van der Waals surface area contributed by atoms with Gasteiger partial charge in [-0.05, 0) is 43.4 Å². The van der Waals surface area contributed by atoms with E-state index in [1.54, 1.807) is 0 Å². The highest BCUT2D eigenvalue weighted by atomic mass is 19.1. The molecule has 0 N–H and O–H groups in total. The van der Waals surface area contributed by atoms with Crippen LogP contribution in [-0.2, 0) is 16.1 Å². The van der Waals surface area contributed by atoms with Crippen LogP contribution in [0.15, 0.2) is 18.2 Å². The molecule has 5 heteroatoms. The SMILES string of the molecule is O=C(C1CCC1)N1CCCC(OCc2cc(F)cc(F)c2)C1. The summed E-state index contributed by atoms with van der Waals surface area (Å²) >= 11 is 0. The Morgan fingerprint density at radius 3 is 2.50 bits per heavy atom. The van der Waals surface area contributed by atoms with Crippen molar-refractivity contribution >= 4 is 5.91 Å². The first-order chi connectivity index (χ1) is 10.6. The van der Waals surface area contributed by atoms with Crippen LogP contribution < -0.4 is 0 Å². The zero-order valence-corrected chi connectivity index (χ0v) is 12.6. The first-order valence-corrected chi connectivity index (χ1v) is 7.97. The van der Waals surface area contributed by atoms with Crippen molar-refractivity contribution in [3.05, 3.63) is 35.4 Å². The molecule has 2 aliphatic rings. The topological polar surface area (TPSA) is 29.5 Å². The van der Waals surface area contributed by atoms with E-state index in [2.05, 4.69) is 0 Å². The number of hydrogen-bond acceptors (Lipinski definition) is 2. The van der Waals surface area contributed by atoms with Gasteiger partial charge in [-0.1, -0.05) is 6.42 Å². The average molecular weight is 309 g/mol. The maximum atomic E-state index is 13.1. The fraction of sp³-hybridized carbons (Fsp3) is 0.588. The number of halogens is 2. The quantitative estimate of drug-likeness (QED) is 0.854. The minimum Gasteiger partial charge on any atom is -0.372 e. The lowest BCUT2D eigenvalue weighted by atomic mass is 9.84. The highest BCUT2D eigenvalue weighted by Gasteiger charge is 2.32. The van der Waals surface area contributed by atoms with Gasteiger partial charge in [-0.15, -0.1) is 0 Å².